The van der Waals surface area contributed by atoms with Crippen LogP contribution < -0.4 is 10.7 Å². The smallest absolute Gasteiger partial charge is 0.276 e. The first-order chi connectivity index (χ1) is 14.5. The van der Waals surface area contributed by atoms with Crippen LogP contribution in [0.4, 0.5) is 4.39 Å². The van der Waals surface area contributed by atoms with Gasteiger partial charge >= 0.3 is 0 Å². The van der Waals surface area contributed by atoms with Gasteiger partial charge in [-0.05, 0) is 30.9 Å². The molecule has 156 valence electrons. The number of aromatic hydroxyl groups is 1. The molecule has 1 saturated heterocycles. The number of hydrogen-bond acceptors (Lipinski definition) is 5. The highest BCUT2D eigenvalue weighted by molar-refractivity contribution is 6.00. The number of nitrogens with zero attached hydrogens (tertiary/aromatic N) is 2. The average Bonchev–Trinajstić information content (AvgIpc) is 3.37. The normalized spacial score (nSPS) is 21.5. The van der Waals surface area contributed by atoms with Crippen molar-refractivity contribution in [1.29, 1.82) is 0 Å². The Labute approximate surface area is 170 Å². The number of benzene rings is 1. The van der Waals surface area contributed by atoms with Gasteiger partial charge in [-0.2, -0.15) is 0 Å². The van der Waals surface area contributed by atoms with Crippen molar-refractivity contribution < 1.29 is 23.8 Å². The van der Waals surface area contributed by atoms with Crippen molar-refractivity contribution in [1.82, 2.24) is 14.8 Å². The van der Waals surface area contributed by atoms with E-state index in [9.17, 15) is 23.9 Å². The highest BCUT2D eigenvalue weighted by atomic mass is 19.1. The highest BCUT2D eigenvalue weighted by Gasteiger charge is 2.49. The molecule has 0 radical (unpaired) electrons. The number of hydrogen-bond donors (Lipinski definition) is 2. The number of aromatic nitrogens is 1. The fraction of sp³-hybridized carbons (Fsp3) is 0.381. The molecular formula is C21H20FN3O5. The second kappa shape index (κ2) is 6.94. The van der Waals surface area contributed by atoms with E-state index in [0.29, 0.717) is 37.3 Å². The van der Waals surface area contributed by atoms with Gasteiger partial charge in [0.15, 0.2) is 17.7 Å². The van der Waals surface area contributed by atoms with Gasteiger partial charge in [0.05, 0.1) is 12.6 Å². The third-order valence-electron chi connectivity index (χ3n) is 6.08. The van der Waals surface area contributed by atoms with E-state index < -0.39 is 29.2 Å². The minimum Gasteiger partial charge on any atom is -0.503 e. The molecule has 1 aromatic heterocycles. The summed E-state index contributed by atoms with van der Waals surface area (Å²) in [6.07, 6.45) is 0.826. The van der Waals surface area contributed by atoms with Crippen LogP contribution in [0.3, 0.4) is 0 Å². The first kappa shape index (κ1) is 18.8. The summed E-state index contributed by atoms with van der Waals surface area (Å²) in [5.41, 5.74) is -0.193. The molecule has 2 unspecified atom stereocenters. The Morgan fingerprint density at radius 1 is 1.30 bits per heavy atom. The number of nitrogens with one attached hydrogen (secondary N) is 1. The molecule has 5 rings (SSSR count). The van der Waals surface area contributed by atoms with Gasteiger partial charge in [-0.3, -0.25) is 14.4 Å². The third-order valence-corrected chi connectivity index (χ3v) is 6.08. The first-order valence-electron chi connectivity index (χ1n) is 9.93. The van der Waals surface area contributed by atoms with Crippen LogP contribution >= 0.6 is 0 Å². The largest absolute Gasteiger partial charge is 0.503 e. The second-order valence-electron chi connectivity index (χ2n) is 7.68. The number of halogens is 1. The van der Waals surface area contributed by atoms with E-state index in [0.717, 1.165) is 0 Å². The molecule has 0 bridgehead atoms. The van der Waals surface area contributed by atoms with Crippen molar-refractivity contribution in [2.24, 2.45) is 0 Å². The number of rotatable bonds is 4. The molecule has 3 aliphatic rings. The molecular weight excluding hydrogens is 393 g/mol. The lowest BCUT2D eigenvalue weighted by Gasteiger charge is -2.36. The summed E-state index contributed by atoms with van der Waals surface area (Å²) in [5, 5.41) is 13.2. The monoisotopic (exact) mass is 413 g/mol. The van der Waals surface area contributed by atoms with E-state index in [-0.39, 0.29) is 36.1 Å². The Bertz CT molecular complexity index is 1130. The van der Waals surface area contributed by atoms with Crippen molar-refractivity contribution >= 4 is 11.8 Å². The van der Waals surface area contributed by atoms with E-state index in [2.05, 4.69) is 5.32 Å². The number of pyridine rings is 1. The fourth-order valence-corrected chi connectivity index (χ4v) is 4.72. The van der Waals surface area contributed by atoms with Crippen LogP contribution in [0.5, 0.6) is 5.75 Å². The maximum absolute atomic E-state index is 13.8. The first-order valence-corrected chi connectivity index (χ1v) is 9.93. The van der Waals surface area contributed by atoms with Crippen molar-refractivity contribution in [2.45, 2.75) is 31.5 Å². The van der Waals surface area contributed by atoms with E-state index in [1.165, 1.54) is 11.0 Å². The van der Waals surface area contributed by atoms with Crippen molar-refractivity contribution in [2.75, 3.05) is 19.7 Å². The van der Waals surface area contributed by atoms with Crippen LogP contribution in [0.15, 0.2) is 29.1 Å². The molecule has 1 aromatic carbocycles. The zero-order valence-corrected chi connectivity index (χ0v) is 16.1. The lowest BCUT2D eigenvalue weighted by molar-refractivity contribution is -0.0124. The maximum Gasteiger partial charge on any atom is 0.276 e. The molecule has 0 aliphatic carbocycles. The van der Waals surface area contributed by atoms with E-state index >= 15 is 0 Å². The SMILES string of the molecule is O=C(NCCc1ccccc1F)c1c2n3c(c(O)c1=O)C(=O)N1CCOC1C3CC2. The van der Waals surface area contributed by atoms with Crippen molar-refractivity contribution in [3.63, 3.8) is 0 Å². The number of carbonyl (C=O) groups is 2. The summed E-state index contributed by atoms with van der Waals surface area (Å²) in [6.45, 7) is 0.926. The zero-order chi connectivity index (χ0) is 21.0. The molecule has 1 fully saturated rings. The van der Waals surface area contributed by atoms with Gasteiger partial charge in [-0.25, -0.2) is 4.39 Å². The average molecular weight is 413 g/mol. The molecule has 2 aromatic rings. The second-order valence-corrected chi connectivity index (χ2v) is 7.68. The Balaban J connectivity index is 1.47. The molecule has 9 heteroatoms. The number of ether oxygens (including phenoxy) is 1. The Hall–Kier alpha value is -3.20. The third kappa shape index (κ3) is 2.65. The summed E-state index contributed by atoms with van der Waals surface area (Å²) in [4.78, 5) is 40.0. The van der Waals surface area contributed by atoms with Gasteiger partial charge in [0, 0.05) is 18.8 Å². The van der Waals surface area contributed by atoms with Crippen LogP contribution in [0.25, 0.3) is 0 Å². The molecule has 2 amide bonds. The zero-order valence-electron chi connectivity index (χ0n) is 16.1. The summed E-state index contributed by atoms with van der Waals surface area (Å²) < 4.78 is 21.1. The molecule has 3 aliphatic heterocycles. The highest BCUT2D eigenvalue weighted by Crippen LogP contribution is 2.41. The van der Waals surface area contributed by atoms with Gasteiger partial charge in [0.2, 0.25) is 5.43 Å². The predicted molar refractivity (Wildman–Crippen MR) is 103 cm³/mol. The van der Waals surface area contributed by atoms with E-state index in [1.807, 2.05) is 0 Å². The van der Waals surface area contributed by atoms with Crippen LogP contribution in [-0.2, 0) is 17.6 Å². The molecule has 8 nitrogen and oxygen atoms in total. The van der Waals surface area contributed by atoms with Crippen LogP contribution in [0.2, 0.25) is 0 Å². The summed E-state index contributed by atoms with van der Waals surface area (Å²) in [7, 11) is 0. The van der Waals surface area contributed by atoms with Crippen LogP contribution in [-0.4, -0.2) is 52.3 Å². The lowest BCUT2D eigenvalue weighted by Crippen LogP contribution is -2.48. The quantitative estimate of drug-likeness (QED) is 0.778. The standard InChI is InChI=1S/C21H20FN3O5/c22-12-4-2-1-3-11(12)7-8-23-19(28)15-13-5-6-14-21-24(9-10-30-21)20(29)16(25(13)14)18(27)17(15)26/h1-4,14,21,27H,5-10H2,(H,23,28). The Morgan fingerprint density at radius 2 is 2.10 bits per heavy atom. The minimum absolute atomic E-state index is 0.0674. The Morgan fingerprint density at radius 3 is 2.90 bits per heavy atom. The minimum atomic E-state index is -0.854. The molecule has 4 heterocycles. The molecule has 30 heavy (non-hydrogen) atoms. The van der Waals surface area contributed by atoms with Crippen LogP contribution in [0, 0.1) is 5.82 Å². The van der Waals surface area contributed by atoms with Crippen molar-refractivity contribution in [3.8, 4) is 5.75 Å². The van der Waals surface area contributed by atoms with Gasteiger partial charge < -0.3 is 24.6 Å². The van der Waals surface area contributed by atoms with E-state index in [1.54, 1.807) is 22.8 Å². The van der Waals surface area contributed by atoms with Gasteiger partial charge in [-0.15, -0.1) is 0 Å². The summed E-state index contributed by atoms with van der Waals surface area (Å²) in [5.74, 6) is -2.17. The number of carbonyl (C=O) groups excluding carboxylic acids is 2. The molecule has 0 spiro atoms. The van der Waals surface area contributed by atoms with Crippen molar-refractivity contribution in [3.05, 3.63) is 62.8 Å². The van der Waals surface area contributed by atoms with Crippen LogP contribution in [0.1, 0.15) is 44.6 Å². The predicted octanol–water partition coefficient (Wildman–Crippen LogP) is 0.965. The van der Waals surface area contributed by atoms with Gasteiger partial charge in [-0.1, -0.05) is 18.2 Å². The summed E-state index contributed by atoms with van der Waals surface area (Å²) in [6, 6.07) is 6.02. The fourth-order valence-electron chi connectivity index (χ4n) is 4.72. The number of fused-ring (bicyclic) bond motifs is 2. The summed E-state index contributed by atoms with van der Waals surface area (Å²) >= 11 is 0. The topological polar surface area (TPSA) is 101 Å². The Kier molecular flexibility index (Phi) is 4.35. The maximum atomic E-state index is 13.8. The molecule has 2 N–H and O–H groups in total. The number of amides is 2. The van der Waals surface area contributed by atoms with Gasteiger partial charge in [0.25, 0.3) is 11.8 Å². The molecule has 0 saturated carbocycles. The van der Waals surface area contributed by atoms with E-state index in [4.69, 9.17) is 4.74 Å². The lowest BCUT2D eigenvalue weighted by atomic mass is 10.1. The molecule has 2 atom stereocenters. The van der Waals surface area contributed by atoms with Gasteiger partial charge in [0.1, 0.15) is 11.4 Å².